The lowest BCUT2D eigenvalue weighted by Gasteiger charge is -2.17. The number of carbonyl (C=O) groups excluding carboxylic acids is 1. The summed E-state index contributed by atoms with van der Waals surface area (Å²) in [5.74, 6) is -0.768. The molecule has 0 atom stereocenters. The highest BCUT2D eigenvalue weighted by Gasteiger charge is 2.28. The van der Waals surface area contributed by atoms with Crippen LogP contribution in [0.15, 0.2) is 30.5 Å². The number of rotatable bonds is 4. The minimum absolute atomic E-state index is 0.0739. The molecule has 9 heteroatoms. The van der Waals surface area contributed by atoms with Crippen molar-refractivity contribution in [3.8, 4) is 11.4 Å². The zero-order valence-electron chi connectivity index (χ0n) is 15.4. The Labute approximate surface area is 160 Å². The summed E-state index contributed by atoms with van der Waals surface area (Å²) in [6.07, 6.45) is 3.02. The Morgan fingerprint density at radius 2 is 1.86 bits per heavy atom. The maximum atomic E-state index is 11.5. The predicted octanol–water partition coefficient (Wildman–Crippen LogP) is 2.38. The van der Waals surface area contributed by atoms with Crippen LogP contribution in [0, 0.1) is 0 Å². The van der Waals surface area contributed by atoms with E-state index >= 15 is 0 Å². The summed E-state index contributed by atoms with van der Waals surface area (Å²) in [6.45, 7) is 1.45. The first kappa shape index (κ1) is 17.7. The standard InChI is InChI=1S/C19H18N6O3/c1-10(26)21-12-4-6-13(7-5-12)22-19-20-9-11-3-8-14-16(18(27)28)24-25(2)17(14)15(11)23-19/h4-7,9H,3,8H2,1-2H3,(H,21,26)(H,27,28)(H,20,22,23). The number of fused-ring (bicyclic) bond motifs is 3. The molecule has 9 nitrogen and oxygen atoms in total. The molecule has 0 fully saturated rings. The molecule has 2 heterocycles. The van der Waals surface area contributed by atoms with Crippen molar-refractivity contribution in [1.29, 1.82) is 0 Å². The molecule has 4 rings (SSSR count). The second kappa shape index (κ2) is 6.76. The summed E-state index contributed by atoms with van der Waals surface area (Å²) in [6, 6.07) is 7.18. The quantitative estimate of drug-likeness (QED) is 0.637. The number of aromatic carboxylic acids is 1. The number of carbonyl (C=O) groups is 2. The average molecular weight is 378 g/mol. The molecule has 0 aliphatic heterocycles. The molecule has 1 aliphatic carbocycles. The lowest BCUT2D eigenvalue weighted by atomic mass is 9.93. The molecule has 2 aromatic heterocycles. The number of hydrogen-bond acceptors (Lipinski definition) is 6. The molecule has 142 valence electrons. The number of anilines is 3. The van der Waals surface area contributed by atoms with Gasteiger partial charge in [0.15, 0.2) is 5.69 Å². The van der Waals surface area contributed by atoms with E-state index in [-0.39, 0.29) is 11.6 Å². The SMILES string of the molecule is CC(=O)Nc1ccc(Nc2ncc3c(n2)-c2c(c(C(=O)O)nn2C)CC3)cc1. The van der Waals surface area contributed by atoms with Gasteiger partial charge in [0.2, 0.25) is 11.9 Å². The molecule has 0 saturated carbocycles. The van der Waals surface area contributed by atoms with Crippen LogP contribution in [0.2, 0.25) is 0 Å². The van der Waals surface area contributed by atoms with Gasteiger partial charge in [-0.2, -0.15) is 5.10 Å². The van der Waals surface area contributed by atoms with E-state index < -0.39 is 5.97 Å². The van der Waals surface area contributed by atoms with Crippen molar-refractivity contribution in [1.82, 2.24) is 19.7 Å². The molecule has 0 radical (unpaired) electrons. The predicted molar refractivity (Wildman–Crippen MR) is 103 cm³/mol. The van der Waals surface area contributed by atoms with Crippen molar-refractivity contribution in [3.05, 3.63) is 47.3 Å². The molecule has 0 unspecified atom stereocenters. The van der Waals surface area contributed by atoms with Gasteiger partial charge in [-0.25, -0.2) is 14.8 Å². The Balaban J connectivity index is 1.65. The second-order valence-corrected chi connectivity index (χ2v) is 6.56. The smallest absolute Gasteiger partial charge is 0.356 e. The Morgan fingerprint density at radius 1 is 1.14 bits per heavy atom. The molecule has 1 aliphatic rings. The first-order valence-corrected chi connectivity index (χ1v) is 8.72. The molecule has 3 aromatic rings. The molecular formula is C19H18N6O3. The molecule has 0 saturated heterocycles. The summed E-state index contributed by atoms with van der Waals surface area (Å²) < 4.78 is 1.57. The third-order valence-electron chi connectivity index (χ3n) is 4.54. The topological polar surface area (TPSA) is 122 Å². The molecular weight excluding hydrogens is 360 g/mol. The highest BCUT2D eigenvalue weighted by atomic mass is 16.4. The van der Waals surface area contributed by atoms with Gasteiger partial charge >= 0.3 is 5.97 Å². The number of nitrogens with one attached hydrogen (secondary N) is 2. The number of aryl methyl sites for hydroxylation is 2. The largest absolute Gasteiger partial charge is 0.476 e. The van der Waals surface area contributed by atoms with Crippen LogP contribution in [-0.2, 0) is 24.7 Å². The second-order valence-electron chi connectivity index (χ2n) is 6.56. The molecule has 1 aromatic carbocycles. The summed E-state index contributed by atoms with van der Waals surface area (Å²) in [4.78, 5) is 31.5. The number of hydrogen-bond donors (Lipinski definition) is 3. The normalized spacial score (nSPS) is 12.1. The molecule has 3 N–H and O–H groups in total. The number of carboxylic acids is 1. The van der Waals surface area contributed by atoms with Gasteiger partial charge in [0.05, 0.1) is 11.4 Å². The number of aromatic nitrogens is 4. The van der Waals surface area contributed by atoms with Crippen LogP contribution in [0.5, 0.6) is 0 Å². The number of nitrogens with zero attached hydrogens (tertiary/aromatic N) is 4. The molecule has 1 amide bonds. The van der Waals surface area contributed by atoms with E-state index in [2.05, 4.69) is 25.7 Å². The molecule has 0 bridgehead atoms. The van der Waals surface area contributed by atoms with Gasteiger partial charge in [-0.15, -0.1) is 0 Å². The molecule has 28 heavy (non-hydrogen) atoms. The average Bonchev–Trinajstić information content (AvgIpc) is 3.00. The first-order chi connectivity index (χ1) is 13.4. The van der Waals surface area contributed by atoms with Gasteiger partial charge in [0.1, 0.15) is 0 Å². The number of benzene rings is 1. The van der Waals surface area contributed by atoms with Gasteiger partial charge in [0, 0.05) is 37.1 Å². The van der Waals surface area contributed by atoms with Crippen molar-refractivity contribution in [2.45, 2.75) is 19.8 Å². The number of carboxylic acid groups (broad SMARTS) is 1. The Kier molecular flexibility index (Phi) is 4.26. The zero-order chi connectivity index (χ0) is 19.8. The van der Waals surface area contributed by atoms with Crippen molar-refractivity contribution >= 4 is 29.2 Å². The Morgan fingerprint density at radius 3 is 2.54 bits per heavy atom. The Bertz CT molecular complexity index is 1090. The molecule has 0 spiro atoms. The van der Waals surface area contributed by atoms with Crippen molar-refractivity contribution in [2.75, 3.05) is 10.6 Å². The maximum Gasteiger partial charge on any atom is 0.356 e. The van der Waals surface area contributed by atoms with Crippen molar-refractivity contribution < 1.29 is 14.7 Å². The fourth-order valence-electron chi connectivity index (χ4n) is 3.36. The van der Waals surface area contributed by atoms with Crippen LogP contribution in [0.3, 0.4) is 0 Å². The van der Waals surface area contributed by atoms with E-state index in [1.807, 2.05) is 12.1 Å². The van der Waals surface area contributed by atoms with Crippen molar-refractivity contribution in [3.63, 3.8) is 0 Å². The van der Waals surface area contributed by atoms with Gasteiger partial charge in [-0.3, -0.25) is 9.48 Å². The minimum Gasteiger partial charge on any atom is -0.476 e. The van der Waals surface area contributed by atoms with E-state index in [9.17, 15) is 14.7 Å². The monoisotopic (exact) mass is 378 g/mol. The van der Waals surface area contributed by atoms with Gasteiger partial charge in [0.25, 0.3) is 0 Å². The van der Waals surface area contributed by atoms with E-state index in [4.69, 9.17) is 0 Å². The number of amides is 1. The van der Waals surface area contributed by atoms with Gasteiger partial charge in [-0.05, 0) is 42.7 Å². The third-order valence-corrected chi connectivity index (χ3v) is 4.54. The lowest BCUT2D eigenvalue weighted by molar-refractivity contribution is -0.114. The van der Waals surface area contributed by atoms with Crippen LogP contribution in [0.25, 0.3) is 11.4 Å². The highest BCUT2D eigenvalue weighted by molar-refractivity contribution is 5.90. The minimum atomic E-state index is -1.04. The van der Waals surface area contributed by atoms with Crippen LogP contribution in [0.4, 0.5) is 17.3 Å². The first-order valence-electron chi connectivity index (χ1n) is 8.72. The summed E-state index contributed by atoms with van der Waals surface area (Å²) in [5.41, 5.74) is 4.60. The third kappa shape index (κ3) is 3.18. The van der Waals surface area contributed by atoms with E-state index in [0.29, 0.717) is 41.4 Å². The summed E-state index contributed by atoms with van der Waals surface area (Å²) in [5, 5.41) is 19.4. The maximum absolute atomic E-state index is 11.5. The van der Waals surface area contributed by atoms with Gasteiger partial charge < -0.3 is 15.7 Å². The Hall–Kier alpha value is -3.75. The van der Waals surface area contributed by atoms with E-state index in [1.54, 1.807) is 30.1 Å². The van der Waals surface area contributed by atoms with Crippen LogP contribution < -0.4 is 10.6 Å². The lowest BCUT2D eigenvalue weighted by Crippen LogP contribution is -2.11. The van der Waals surface area contributed by atoms with Crippen molar-refractivity contribution in [2.24, 2.45) is 7.05 Å². The van der Waals surface area contributed by atoms with Gasteiger partial charge in [-0.1, -0.05) is 0 Å². The zero-order valence-corrected chi connectivity index (χ0v) is 15.4. The van der Waals surface area contributed by atoms with Crippen LogP contribution >= 0.6 is 0 Å². The highest BCUT2D eigenvalue weighted by Crippen LogP contribution is 2.34. The van der Waals surface area contributed by atoms with Crippen LogP contribution in [-0.4, -0.2) is 36.7 Å². The fraction of sp³-hybridized carbons (Fsp3) is 0.211. The van der Waals surface area contributed by atoms with E-state index in [1.165, 1.54) is 6.92 Å². The van der Waals surface area contributed by atoms with Crippen LogP contribution in [0.1, 0.15) is 28.5 Å². The summed E-state index contributed by atoms with van der Waals surface area (Å²) in [7, 11) is 1.72. The summed E-state index contributed by atoms with van der Waals surface area (Å²) >= 11 is 0. The van der Waals surface area contributed by atoms with E-state index in [0.717, 1.165) is 11.3 Å². The fourth-order valence-corrected chi connectivity index (χ4v) is 3.36.